The number of halogens is 1. The van der Waals surface area contributed by atoms with Crippen molar-refractivity contribution < 1.29 is 0 Å². The Balaban J connectivity index is 2.25. The van der Waals surface area contributed by atoms with Crippen LogP contribution < -0.4 is 8.79 Å². The maximum atomic E-state index is 5.66. The molecule has 0 spiro atoms. The first-order valence-corrected chi connectivity index (χ1v) is 19.1. The average Bonchev–Trinajstić information content (AvgIpc) is 2.56. The van der Waals surface area contributed by atoms with Crippen LogP contribution in [0.2, 0.25) is 0 Å². The van der Waals surface area contributed by atoms with Crippen LogP contribution in [0.1, 0.15) is 19.8 Å². The molecule has 0 fully saturated rings. The van der Waals surface area contributed by atoms with Gasteiger partial charge in [0.1, 0.15) is 0 Å². The molecule has 0 N–H and O–H groups in total. The number of hydrogen-bond acceptors (Lipinski definition) is 3. The quantitative estimate of drug-likeness (QED) is 0.323. The van der Waals surface area contributed by atoms with E-state index in [1.807, 2.05) is 21.8 Å². The molecule has 0 saturated carbocycles. The van der Waals surface area contributed by atoms with E-state index in [0.717, 1.165) is 9.28 Å². The molecule has 0 radical (unpaired) electrons. The molecular formula is C17H19BrGeS3. The summed E-state index contributed by atoms with van der Waals surface area (Å²) < 4.78 is 3.87. The molecule has 0 heterocycles. The second kappa shape index (κ2) is 9.52. The van der Waals surface area contributed by atoms with Gasteiger partial charge in [-0.15, -0.1) is 0 Å². The molecule has 0 atom stereocenters. The van der Waals surface area contributed by atoms with E-state index >= 15 is 0 Å². The summed E-state index contributed by atoms with van der Waals surface area (Å²) in [5, 5.41) is 0. The zero-order chi connectivity index (χ0) is 15.8. The zero-order valence-corrected chi connectivity index (χ0v) is 18.6. The molecule has 5 heteroatoms. The van der Waals surface area contributed by atoms with Crippen LogP contribution in [0.15, 0.2) is 60.7 Å². The molecule has 0 nitrogen and oxygen atoms in total. The van der Waals surface area contributed by atoms with E-state index in [2.05, 4.69) is 81.6 Å². The Hall–Kier alpha value is 0.253. The van der Waals surface area contributed by atoms with Gasteiger partial charge in [-0.25, -0.2) is 0 Å². The normalized spacial score (nSPS) is 11.4. The van der Waals surface area contributed by atoms with E-state index in [4.69, 9.17) is 12.2 Å². The summed E-state index contributed by atoms with van der Waals surface area (Å²) in [6.45, 7) is 2.22. The average molecular weight is 472 g/mol. The van der Waals surface area contributed by atoms with Crippen molar-refractivity contribution in [3.8, 4) is 0 Å². The predicted molar refractivity (Wildman–Crippen MR) is 114 cm³/mol. The van der Waals surface area contributed by atoms with E-state index in [-0.39, 0.29) is 0 Å². The minimum atomic E-state index is -2.66. The molecule has 116 valence electrons. The Kier molecular flexibility index (Phi) is 8.05. The maximum absolute atomic E-state index is 5.66. The van der Waals surface area contributed by atoms with Crippen LogP contribution in [0.4, 0.5) is 0 Å². The van der Waals surface area contributed by atoms with E-state index in [9.17, 15) is 0 Å². The van der Waals surface area contributed by atoms with Crippen molar-refractivity contribution >= 4 is 70.7 Å². The SMILES string of the molecule is CCCCSC(=S)[S][Ge]([Br])([c]1ccccc1)[c]1ccccc1. The van der Waals surface area contributed by atoms with Crippen LogP contribution in [0.25, 0.3) is 0 Å². The van der Waals surface area contributed by atoms with Crippen molar-refractivity contribution in [3.63, 3.8) is 0 Å². The van der Waals surface area contributed by atoms with Crippen molar-refractivity contribution in [2.24, 2.45) is 0 Å². The molecular weight excluding hydrogens is 453 g/mol. The first-order chi connectivity index (χ1) is 10.7. The van der Waals surface area contributed by atoms with Gasteiger partial charge in [-0.2, -0.15) is 0 Å². The fourth-order valence-corrected chi connectivity index (χ4v) is 25.1. The van der Waals surface area contributed by atoms with Gasteiger partial charge in [-0.05, 0) is 0 Å². The van der Waals surface area contributed by atoms with Crippen molar-refractivity contribution in [2.45, 2.75) is 19.8 Å². The van der Waals surface area contributed by atoms with Gasteiger partial charge in [0, 0.05) is 0 Å². The van der Waals surface area contributed by atoms with E-state index in [0.29, 0.717) is 0 Å². The third-order valence-electron chi connectivity index (χ3n) is 3.23. The summed E-state index contributed by atoms with van der Waals surface area (Å²) in [5.74, 6) is 1.12. The number of thiocarbonyl (C=S) groups is 1. The van der Waals surface area contributed by atoms with Gasteiger partial charge in [-0.1, -0.05) is 0 Å². The third kappa shape index (κ3) is 5.13. The van der Waals surface area contributed by atoms with Crippen LogP contribution in [0, 0.1) is 0 Å². The number of unbranched alkanes of at least 4 members (excludes halogenated alkanes) is 1. The molecule has 0 amide bonds. The molecule has 22 heavy (non-hydrogen) atoms. The molecule has 0 aromatic heterocycles. The molecule has 0 saturated heterocycles. The number of rotatable bonds is 6. The van der Waals surface area contributed by atoms with Crippen LogP contribution >= 0.6 is 48.1 Å². The van der Waals surface area contributed by atoms with Gasteiger partial charge >= 0.3 is 157 Å². The fourth-order valence-electron chi connectivity index (χ4n) is 2.03. The Morgan fingerprint density at radius 2 is 1.50 bits per heavy atom. The van der Waals surface area contributed by atoms with Gasteiger partial charge in [0.2, 0.25) is 0 Å². The van der Waals surface area contributed by atoms with Crippen molar-refractivity contribution in [2.75, 3.05) is 5.75 Å². The zero-order valence-electron chi connectivity index (χ0n) is 12.5. The summed E-state index contributed by atoms with van der Waals surface area (Å²) in [4.78, 5) is 0. The van der Waals surface area contributed by atoms with Gasteiger partial charge in [0.05, 0.1) is 0 Å². The van der Waals surface area contributed by atoms with Crippen molar-refractivity contribution in [1.29, 1.82) is 0 Å². The first-order valence-electron chi connectivity index (χ1n) is 7.32. The molecule has 2 aromatic carbocycles. The molecule has 0 aliphatic rings. The number of hydrogen-bond donors (Lipinski definition) is 0. The summed E-state index contributed by atoms with van der Waals surface area (Å²) in [5.41, 5.74) is 0. The topological polar surface area (TPSA) is 0 Å². The van der Waals surface area contributed by atoms with Gasteiger partial charge in [0.15, 0.2) is 0 Å². The van der Waals surface area contributed by atoms with Crippen molar-refractivity contribution in [3.05, 3.63) is 60.7 Å². The second-order valence-corrected chi connectivity index (χ2v) is 26.1. The van der Waals surface area contributed by atoms with Gasteiger partial charge < -0.3 is 0 Å². The first kappa shape index (κ1) is 18.6. The van der Waals surface area contributed by atoms with Crippen LogP contribution in [0.5, 0.6) is 0 Å². The standard InChI is InChI=1S/C17H19BrGeS3/c1-2-3-14-21-17(20)22-19(18,15-10-6-4-7-11-15)16-12-8-5-9-13-16/h4-13H,2-3,14H2,1H3. The van der Waals surface area contributed by atoms with E-state index in [1.165, 1.54) is 21.6 Å². The Morgan fingerprint density at radius 3 is 1.95 bits per heavy atom. The third-order valence-corrected chi connectivity index (χ3v) is 24.8. The van der Waals surface area contributed by atoms with Crippen molar-refractivity contribution in [1.82, 2.24) is 0 Å². The molecule has 2 rings (SSSR count). The molecule has 0 aliphatic heterocycles. The monoisotopic (exact) mass is 472 g/mol. The van der Waals surface area contributed by atoms with E-state index in [1.54, 1.807) is 0 Å². The Bertz CT molecular complexity index is 550. The van der Waals surface area contributed by atoms with Gasteiger partial charge in [-0.3, -0.25) is 0 Å². The fraction of sp³-hybridized carbons (Fsp3) is 0.235. The number of thioether (sulfide) groups is 1. The predicted octanol–water partition coefficient (Wildman–Crippen LogP) is 5.19. The molecule has 2 aromatic rings. The summed E-state index contributed by atoms with van der Waals surface area (Å²) in [6, 6.07) is 21.5. The summed E-state index contributed by atoms with van der Waals surface area (Å²) in [6.07, 6.45) is 2.45. The Labute approximate surface area is 155 Å². The second-order valence-electron chi connectivity index (χ2n) is 4.88. The minimum absolute atomic E-state index is 1.07. The summed E-state index contributed by atoms with van der Waals surface area (Å²) >= 11 is 11.6. The molecule has 0 unspecified atom stereocenters. The van der Waals surface area contributed by atoms with Crippen LogP contribution in [-0.4, -0.2) is 19.6 Å². The van der Waals surface area contributed by atoms with Crippen LogP contribution in [0.3, 0.4) is 0 Å². The van der Waals surface area contributed by atoms with Gasteiger partial charge in [0.25, 0.3) is 0 Å². The number of benzene rings is 2. The molecule has 0 bridgehead atoms. The van der Waals surface area contributed by atoms with Crippen LogP contribution in [-0.2, 0) is 0 Å². The Morgan fingerprint density at radius 1 is 1.00 bits per heavy atom. The molecule has 0 aliphatic carbocycles. The summed E-state index contributed by atoms with van der Waals surface area (Å²) in [7, 11) is -0.761. The van der Waals surface area contributed by atoms with E-state index < -0.39 is 10.3 Å².